The van der Waals surface area contributed by atoms with Crippen LogP contribution in [-0.4, -0.2) is 11.5 Å². The number of aromatic amines is 1. The Bertz CT molecular complexity index is 520. The Hall–Kier alpha value is -2.21. The lowest BCUT2D eigenvalue weighted by Gasteiger charge is -1.94. The molecule has 1 aromatic carbocycles. The van der Waals surface area contributed by atoms with E-state index in [1.807, 2.05) is 24.3 Å². The van der Waals surface area contributed by atoms with Gasteiger partial charge in [-0.25, -0.2) is 0 Å². The van der Waals surface area contributed by atoms with Gasteiger partial charge in [0.1, 0.15) is 5.69 Å². The van der Waals surface area contributed by atoms with Crippen molar-refractivity contribution < 1.29 is 9.53 Å². The minimum atomic E-state index is 0.371. The smallest absolute Gasteiger partial charge is 0.298 e. The summed E-state index contributed by atoms with van der Waals surface area (Å²) in [5.74, 6) is 2.85. The van der Waals surface area contributed by atoms with E-state index in [-0.39, 0.29) is 0 Å². The minimum Gasteiger partial charge on any atom is -0.425 e. The Morgan fingerprint density at radius 2 is 2.21 bits per heavy atom. The fourth-order valence-corrected chi connectivity index (χ4v) is 1.39. The summed E-state index contributed by atoms with van der Waals surface area (Å²) >= 11 is 0. The van der Waals surface area contributed by atoms with E-state index >= 15 is 0 Å². The van der Waals surface area contributed by atoms with E-state index in [4.69, 9.17) is 11.2 Å². The van der Waals surface area contributed by atoms with Gasteiger partial charge in [0.25, 0.3) is 6.47 Å². The normalized spacial score (nSPS) is 9.64. The van der Waals surface area contributed by atoms with Crippen LogP contribution in [0.25, 0.3) is 10.9 Å². The molecule has 0 unspecified atom stereocenters. The molecule has 1 heterocycles. The maximum Gasteiger partial charge on any atom is 0.298 e. The first kappa shape index (κ1) is 8.39. The molecule has 3 heteroatoms. The van der Waals surface area contributed by atoms with Gasteiger partial charge < -0.3 is 9.72 Å². The molecule has 0 atom stereocenters. The van der Waals surface area contributed by atoms with Gasteiger partial charge in [-0.15, -0.1) is 6.42 Å². The van der Waals surface area contributed by atoms with E-state index in [0.29, 0.717) is 17.9 Å². The molecule has 68 valence electrons. The van der Waals surface area contributed by atoms with Crippen LogP contribution < -0.4 is 4.74 Å². The molecule has 0 aliphatic rings. The third kappa shape index (κ3) is 1.14. The highest BCUT2D eigenvalue weighted by molar-refractivity contribution is 5.89. The summed E-state index contributed by atoms with van der Waals surface area (Å²) in [6.45, 7) is 0.371. The summed E-state index contributed by atoms with van der Waals surface area (Å²) in [5.41, 5.74) is 1.34. The van der Waals surface area contributed by atoms with Crippen LogP contribution in [0.4, 0.5) is 0 Å². The number of fused-ring (bicyclic) bond motifs is 1. The molecular weight excluding hydrogens is 178 g/mol. The van der Waals surface area contributed by atoms with Crippen molar-refractivity contribution in [2.45, 2.75) is 0 Å². The lowest BCUT2D eigenvalue weighted by molar-refractivity contribution is -0.120. The van der Waals surface area contributed by atoms with Gasteiger partial charge in [-0.2, -0.15) is 0 Å². The summed E-state index contributed by atoms with van der Waals surface area (Å²) in [4.78, 5) is 13.3. The number of ether oxygens (including phenoxy) is 1. The molecule has 0 aliphatic carbocycles. The number of nitrogens with one attached hydrogen (secondary N) is 1. The maximum atomic E-state index is 10.3. The predicted molar refractivity (Wildman–Crippen MR) is 52.9 cm³/mol. The molecule has 0 spiro atoms. The summed E-state index contributed by atoms with van der Waals surface area (Å²) in [7, 11) is 0. The van der Waals surface area contributed by atoms with Crippen LogP contribution >= 0.6 is 0 Å². The third-order valence-corrected chi connectivity index (χ3v) is 1.97. The topological polar surface area (TPSA) is 42.1 Å². The second kappa shape index (κ2) is 3.27. The van der Waals surface area contributed by atoms with Crippen LogP contribution in [0.2, 0.25) is 0 Å². The monoisotopic (exact) mass is 185 g/mol. The van der Waals surface area contributed by atoms with Gasteiger partial charge in [0.15, 0.2) is 5.75 Å². The summed E-state index contributed by atoms with van der Waals surface area (Å²) in [5, 5.41) is 0.813. The average molecular weight is 185 g/mol. The molecule has 0 bridgehead atoms. The minimum absolute atomic E-state index is 0.371. The highest BCUT2D eigenvalue weighted by Crippen LogP contribution is 2.28. The zero-order chi connectivity index (χ0) is 9.97. The van der Waals surface area contributed by atoms with Crippen molar-refractivity contribution in [1.82, 2.24) is 4.98 Å². The number of hydrogen-bond acceptors (Lipinski definition) is 2. The molecule has 0 fully saturated rings. The first-order valence-corrected chi connectivity index (χ1v) is 4.04. The van der Waals surface area contributed by atoms with E-state index in [0.717, 1.165) is 10.9 Å². The van der Waals surface area contributed by atoms with E-state index in [1.54, 1.807) is 0 Å². The fourth-order valence-electron chi connectivity index (χ4n) is 1.39. The van der Waals surface area contributed by atoms with Crippen LogP contribution in [-0.2, 0) is 4.79 Å². The number of rotatable bonds is 2. The highest BCUT2D eigenvalue weighted by atomic mass is 16.5. The number of carbonyl (C=O) groups is 1. The summed E-state index contributed by atoms with van der Waals surface area (Å²) in [6, 6.07) is 7.44. The molecule has 2 aromatic rings. The van der Waals surface area contributed by atoms with Crippen molar-refractivity contribution >= 4 is 17.4 Å². The van der Waals surface area contributed by atoms with Crippen molar-refractivity contribution in [3.8, 4) is 18.1 Å². The van der Waals surface area contributed by atoms with E-state index in [9.17, 15) is 4.79 Å². The van der Waals surface area contributed by atoms with Crippen molar-refractivity contribution in [1.29, 1.82) is 0 Å². The fraction of sp³-hybridized carbons (Fsp3) is 0. The Balaban J connectivity index is 2.75. The Labute approximate surface area is 80.7 Å². The number of carbonyl (C=O) groups excluding carboxylic acids is 1. The van der Waals surface area contributed by atoms with E-state index in [1.165, 1.54) is 0 Å². The largest absolute Gasteiger partial charge is 0.425 e. The quantitative estimate of drug-likeness (QED) is 0.571. The molecule has 14 heavy (non-hydrogen) atoms. The van der Waals surface area contributed by atoms with E-state index < -0.39 is 0 Å². The second-order valence-corrected chi connectivity index (χ2v) is 2.73. The summed E-state index contributed by atoms with van der Waals surface area (Å²) < 4.78 is 4.83. The molecule has 0 aliphatic heterocycles. The number of benzene rings is 1. The second-order valence-electron chi connectivity index (χ2n) is 2.73. The van der Waals surface area contributed by atoms with Gasteiger partial charge in [0.05, 0.1) is 5.52 Å². The Morgan fingerprint density at radius 1 is 1.43 bits per heavy atom. The maximum absolute atomic E-state index is 10.3. The van der Waals surface area contributed by atoms with Crippen LogP contribution in [0, 0.1) is 12.3 Å². The van der Waals surface area contributed by atoms with Crippen LogP contribution in [0.5, 0.6) is 5.75 Å². The lowest BCUT2D eigenvalue weighted by atomic mass is 10.2. The van der Waals surface area contributed by atoms with Crippen LogP contribution in [0.1, 0.15) is 5.69 Å². The molecule has 0 amide bonds. The molecule has 3 nitrogen and oxygen atoms in total. The lowest BCUT2D eigenvalue weighted by Crippen LogP contribution is -1.89. The van der Waals surface area contributed by atoms with Crippen LogP contribution in [0.3, 0.4) is 0 Å². The predicted octanol–water partition coefficient (Wildman–Crippen LogP) is 1.68. The van der Waals surface area contributed by atoms with Gasteiger partial charge in [-0.3, -0.25) is 4.79 Å². The number of terminal acetylenes is 1. The zero-order valence-corrected chi connectivity index (χ0v) is 7.28. The summed E-state index contributed by atoms with van der Waals surface area (Å²) in [6.07, 6.45) is 5.27. The third-order valence-electron chi connectivity index (χ3n) is 1.97. The SMILES string of the molecule is C#Cc1[nH]c2ccccc2c1OC=O. The average Bonchev–Trinajstić information content (AvgIpc) is 2.58. The molecule has 0 saturated heterocycles. The van der Waals surface area contributed by atoms with Gasteiger partial charge in [0.2, 0.25) is 0 Å². The number of para-hydroxylation sites is 1. The van der Waals surface area contributed by atoms with Gasteiger partial charge >= 0.3 is 0 Å². The van der Waals surface area contributed by atoms with Crippen molar-refractivity contribution in [2.75, 3.05) is 0 Å². The molecule has 1 aromatic heterocycles. The highest BCUT2D eigenvalue weighted by Gasteiger charge is 2.09. The zero-order valence-electron chi connectivity index (χ0n) is 7.28. The standard InChI is InChI=1S/C11H7NO2/c1-2-9-11(14-7-13)8-5-3-4-6-10(8)12-9/h1,3-7,12H. The Morgan fingerprint density at radius 3 is 2.93 bits per heavy atom. The molecular formula is C11H7NO2. The first-order chi connectivity index (χ1) is 6.86. The van der Waals surface area contributed by atoms with Crippen molar-refractivity contribution in [3.05, 3.63) is 30.0 Å². The number of hydrogen-bond donors (Lipinski definition) is 1. The molecule has 2 rings (SSSR count). The Kier molecular flexibility index (Phi) is 1.96. The first-order valence-electron chi connectivity index (χ1n) is 4.04. The van der Waals surface area contributed by atoms with Crippen molar-refractivity contribution in [2.24, 2.45) is 0 Å². The number of H-pyrrole nitrogens is 1. The van der Waals surface area contributed by atoms with Gasteiger partial charge in [-0.1, -0.05) is 12.1 Å². The van der Waals surface area contributed by atoms with E-state index in [2.05, 4.69) is 10.9 Å². The van der Waals surface area contributed by atoms with Gasteiger partial charge in [0, 0.05) is 5.39 Å². The number of aromatic nitrogens is 1. The molecule has 0 saturated carbocycles. The van der Waals surface area contributed by atoms with Crippen LogP contribution in [0.15, 0.2) is 24.3 Å². The van der Waals surface area contributed by atoms with Crippen molar-refractivity contribution in [3.63, 3.8) is 0 Å². The molecule has 1 N–H and O–H groups in total. The van der Waals surface area contributed by atoms with Gasteiger partial charge in [-0.05, 0) is 18.1 Å². The molecule has 0 radical (unpaired) electrons.